The monoisotopic (exact) mass is 233 g/mol. The van der Waals surface area contributed by atoms with E-state index in [9.17, 15) is 8.42 Å². The second kappa shape index (κ2) is 4.83. The van der Waals surface area contributed by atoms with Crippen molar-refractivity contribution in [3.8, 4) is 0 Å². The summed E-state index contributed by atoms with van der Waals surface area (Å²) in [7, 11) is -2.86. The summed E-state index contributed by atoms with van der Waals surface area (Å²) in [5.74, 6) is 0.348. The number of piperidine rings is 1. The number of hydrogen-bond acceptors (Lipinski definition) is 3. The maximum Gasteiger partial charge on any atom is 0.153 e. The van der Waals surface area contributed by atoms with Crippen LogP contribution in [-0.4, -0.2) is 32.5 Å². The molecule has 0 aromatic carbocycles. The van der Waals surface area contributed by atoms with Crippen LogP contribution >= 0.6 is 0 Å². The summed E-state index contributed by atoms with van der Waals surface area (Å²) in [6, 6.07) is 0. The average molecular weight is 233 g/mol. The van der Waals surface area contributed by atoms with Crippen LogP contribution in [0.1, 0.15) is 40.0 Å². The number of rotatable bonds is 3. The summed E-state index contributed by atoms with van der Waals surface area (Å²) in [6.07, 6.45) is 2.33. The van der Waals surface area contributed by atoms with E-state index < -0.39 is 9.84 Å². The Kier molecular flexibility index (Phi) is 4.18. The largest absolute Gasteiger partial charge is 0.317 e. The topological polar surface area (TPSA) is 46.2 Å². The van der Waals surface area contributed by atoms with Crippen LogP contribution in [0.4, 0.5) is 0 Å². The van der Waals surface area contributed by atoms with Crippen LogP contribution in [0.3, 0.4) is 0 Å². The van der Waals surface area contributed by atoms with Gasteiger partial charge in [-0.15, -0.1) is 0 Å². The highest BCUT2D eigenvalue weighted by Crippen LogP contribution is 2.22. The molecule has 0 saturated carbocycles. The second-order valence-corrected chi connectivity index (χ2v) is 8.03. The Morgan fingerprint density at radius 3 is 2.20 bits per heavy atom. The Morgan fingerprint density at radius 1 is 1.20 bits per heavy atom. The fraction of sp³-hybridized carbons (Fsp3) is 1.00. The fourth-order valence-corrected chi connectivity index (χ4v) is 3.95. The molecule has 90 valence electrons. The maximum atomic E-state index is 12.0. The summed E-state index contributed by atoms with van der Waals surface area (Å²) in [5, 5.41) is 3.10. The predicted octanol–water partition coefficient (Wildman–Crippen LogP) is 1.59. The lowest BCUT2D eigenvalue weighted by Gasteiger charge is -2.25. The van der Waals surface area contributed by atoms with E-state index in [1.54, 1.807) is 0 Å². The summed E-state index contributed by atoms with van der Waals surface area (Å²) in [5.41, 5.74) is 0.111. The quantitative estimate of drug-likeness (QED) is 0.805. The maximum absolute atomic E-state index is 12.0. The summed E-state index contributed by atoms with van der Waals surface area (Å²) >= 11 is 0. The van der Waals surface area contributed by atoms with Gasteiger partial charge in [-0.3, -0.25) is 0 Å². The second-order valence-electron chi connectivity index (χ2n) is 5.63. The Labute approximate surface area is 93.6 Å². The van der Waals surface area contributed by atoms with Crippen molar-refractivity contribution in [1.29, 1.82) is 0 Å². The van der Waals surface area contributed by atoms with Crippen LogP contribution in [0.15, 0.2) is 0 Å². The molecule has 0 aromatic heterocycles. The van der Waals surface area contributed by atoms with E-state index in [0.29, 0.717) is 5.75 Å². The van der Waals surface area contributed by atoms with Crippen molar-refractivity contribution in [1.82, 2.24) is 5.32 Å². The van der Waals surface area contributed by atoms with Crippen molar-refractivity contribution in [2.75, 3.05) is 18.8 Å². The van der Waals surface area contributed by atoms with Gasteiger partial charge in [0.2, 0.25) is 0 Å². The lowest BCUT2D eigenvalue weighted by atomic mass is 9.94. The van der Waals surface area contributed by atoms with Crippen LogP contribution in [0.25, 0.3) is 0 Å². The molecule has 1 aliphatic rings. The zero-order valence-corrected chi connectivity index (χ0v) is 10.9. The van der Waals surface area contributed by atoms with E-state index in [0.717, 1.165) is 32.4 Å². The van der Waals surface area contributed by atoms with Gasteiger partial charge in [0.15, 0.2) is 9.84 Å². The molecule has 0 spiro atoms. The third kappa shape index (κ3) is 4.51. The molecule has 4 heteroatoms. The molecule has 0 aromatic rings. The van der Waals surface area contributed by atoms with E-state index in [2.05, 4.69) is 26.1 Å². The Balaban J connectivity index is 2.51. The minimum absolute atomic E-state index is 0.0962. The van der Waals surface area contributed by atoms with Gasteiger partial charge >= 0.3 is 0 Å². The molecular weight excluding hydrogens is 210 g/mol. The highest BCUT2D eigenvalue weighted by atomic mass is 32.2. The first-order chi connectivity index (χ1) is 6.81. The molecule has 3 nitrogen and oxygen atoms in total. The standard InChI is InChI=1S/C11H23NO2S/c1-11(2,3)6-9-15(13,14)10-4-7-12-8-5-10/h10,12H,4-9H2,1-3H3. The van der Waals surface area contributed by atoms with E-state index in [4.69, 9.17) is 0 Å². The predicted molar refractivity (Wildman–Crippen MR) is 63.8 cm³/mol. The molecule has 0 unspecified atom stereocenters. The van der Waals surface area contributed by atoms with Gasteiger partial charge in [-0.25, -0.2) is 8.42 Å². The van der Waals surface area contributed by atoms with Gasteiger partial charge in [-0.2, -0.15) is 0 Å². The van der Waals surface area contributed by atoms with Gasteiger partial charge in [0, 0.05) is 0 Å². The molecule has 0 radical (unpaired) electrons. The fourth-order valence-electron chi connectivity index (χ4n) is 1.77. The van der Waals surface area contributed by atoms with E-state index in [1.165, 1.54) is 0 Å². The van der Waals surface area contributed by atoms with Gasteiger partial charge in [0.25, 0.3) is 0 Å². The molecule has 0 amide bonds. The van der Waals surface area contributed by atoms with Gasteiger partial charge in [-0.05, 0) is 37.8 Å². The zero-order valence-electron chi connectivity index (χ0n) is 10.0. The molecule has 0 aliphatic carbocycles. The Bertz CT molecular complexity index is 284. The van der Waals surface area contributed by atoms with Gasteiger partial charge in [0.1, 0.15) is 0 Å². The molecule has 1 rings (SSSR count). The smallest absolute Gasteiger partial charge is 0.153 e. The molecular formula is C11H23NO2S. The molecule has 1 aliphatic heterocycles. The number of sulfone groups is 1. The SMILES string of the molecule is CC(C)(C)CCS(=O)(=O)C1CCNCC1. The van der Waals surface area contributed by atoms with Crippen molar-refractivity contribution < 1.29 is 8.42 Å². The minimum atomic E-state index is -2.86. The van der Waals surface area contributed by atoms with Crippen molar-refractivity contribution in [3.05, 3.63) is 0 Å². The highest BCUT2D eigenvalue weighted by Gasteiger charge is 2.28. The summed E-state index contributed by atoms with van der Waals surface area (Å²) < 4.78 is 24.0. The first-order valence-corrected chi connectivity index (χ1v) is 7.45. The first kappa shape index (κ1) is 13.0. The van der Waals surface area contributed by atoms with Crippen molar-refractivity contribution in [2.45, 2.75) is 45.3 Å². The Hall–Kier alpha value is -0.0900. The number of nitrogens with one attached hydrogen (secondary N) is 1. The van der Waals surface area contributed by atoms with Crippen molar-refractivity contribution in [3.63, 3.8) is 0 Å². The number of hydrogen-bond donors (Lipinski definition) is 1. The molecule has 1 fully saturated rings. The third-order valence-corrected chi connectivity index (χ3v) is 5.19. The van der Waals surface area contributed by atoms with Gasteiger partial charge in [0.05, 0.1) is 11.0 Å². The lowest BCUT2D eigenvalue weighted by molar-refractivity contribution is 0.395. The molecule has 15 heavy (non-hydrogen) atoms. The Morgan fingerprint density at radius 2 is 1.73 bits per heavy atom. The molecule has 1 heterocycles. The third-order valence-electron chi connectivity index (χ3n) is 2.93. The molecule has 1 saturated heterocycles. The minimum Gasteiger partial charge on any atom is -0.317 e. The molecule has 0 atom stereocenters. The molecule has 0 bridgehead atoms. The van der Waals surface area contributed by atoms with E-state index >= 15 is 0 Å². The van der Waals surface area contributed by atoms with Crippen LogP contribution in [0.2, 0.25) is 0 Å². The summed E-state index contributed by atoms with van der Waals surface area (Å²) in [4.78, 5) is 0. The normalized spacial score (nSPS) is 20.5. The van der Waals surface area contributed by atoms with Crippen LogP contribution in [0.5, 0.6) is 0 Å². The van der Waals surface area contributed by atoms with Crippen molar-refractivity contribution >= 4 is 9.84 Å². The highest BCUT2D eigenvalue weighted by molar-refractivity contribution is 7.92. The summed E-state index contributed by atoms with van der Waals surface area (Å²) in [6.45, 7) is 7.96. The van der Waals surface area contributed by atoms with Gasteiger partial charge < -0.3 is 5.32 Å². The zero-order chi connectivity index (χ0) is 11.5. The van der Waals surface area contributed by atoms with Gasteiger partial charge in [-0.1, -0.05) is 20.8 Å². The lowest BCUT2D eigenvalue weighted by Crippen LogP contribution is -2.37. The molecule has 1 N–H and O–H groups in total. The van der Waals surface area contributed by atoms with E-state index in [1.807, 2.05) is 0 Å². The van der Waals surface area contributed by atoms with E-state index in [-0.39, 0.29) is 10.7 Å². The average Bonchev–Trinajstić information content (AvgIpc) is 2.16. The van der Waals surface area contributed by atoms with Crippen LogP contribution in [-0.2, 0) is 9.84 Å². The van der Waals surface area contributed by atoms with Crippen LogP contribution < -0.4 is 5.32 Å². The van der Waals surface area contributed by atoms with Crippen LogP contribution in [0, 0.1) is 5.41 Å². The first-order valence-electron chi connectivity index (χ1n) is 5.73. The van der Waals surface area contributed by atoms with Crippen molar-refractivity contribution in [2.24, 2.45) is 5.41 Å².